The summed E-state index contributed by atoms with van der Waals surface area (Å²) < 4.78 is 12.6. The summed E-state index contributed by atoms with van der Waals surface area (Å²) in [7, 11) is 1.62. The van der Waals surface area contributed by atoms with Gasteiger partial charge >= 0.3 is 0 Å². The maximum Gasteiger partial charge on any atom is 0.254 e. The minimum Gasteiger partial charge on any atom is -0.497 e. The highest BCUT2D eigenvalue weighted by atomic mass is 16.5. The number of anilines is 1. The monoisotopic (exact) mass is 408 g/mol. The maximum absolute atomic E-state index is 12.8. The molecule has 0 bridgehead atoms. The third kappa shape index (κ3) is 5.24. The van der Waals surface area contributed by atoms with Crippen LogP contribution in [-0.4, -0.2) is 33.9 Å². The van der Waals surface area contributed by atoms with Gasteiger partial charge in [0.05, 0.1) is 19.4 Å². The molecule has 0 spiro atoms. The summed E-state index contributed by atoms with van der Waals surface area (Å²) in [6.07, 6.45) is 1.04. The van der Waals surface area contributed by atoms with Gasteiger partial charge in [-0.15, -0.1) is 0 Å². The van der Waals surface area contributed by atoms with E-state index < -0.39 is 6.10 Å². The first-order valence-electron chi connectivity index (χ1n) is 9.85. The van der Waals surface area contributed by atoms with Crippen LogP contribution in [0.25, 0.3) is 5.82 Å². The number of ether oxygens (including phenoxy) is 2. The van der Waals surface area contributed by atoms with Gasteiger partial charge in [0.15, 0.2) is 5.82 Å². The van der Waals surface area contributed by atoms with E-state index in [0.29, 0.717) is 18.2 Å². The minimum absolute atomic E-state index is 0.173. The molecule has 3 rings (SSSR count). The molecule has 1 N–H and O–H groups in total. The molecule has 158 valence electrons. The fourth-order valence-electron chi connectivity index (χ4n) is 2.78. The normalized spacial score (nSPS) is 12.4. The van der Waals surface area contributed by atoms with Crippen molar-refractivity contribution in [2.45, 2.75) is 45.8 Å². The SMILES string of the molecule is COc1cccc(COC(C)C(=O)Nc2cc(C(C)(C)C)nn2-c2ccccn2)c1. The standard InChI is InChI=1S/C23H28N4O3/c1-16(30-15-17-9-8-10-18(13-17)29-5)22(28)25-21-14-19(23(2,3)4)26-27(21)20-11-6-7-12-24-20/h6-14,16H,15H2,1-5H3,(H,25,28). The van der Waals surface area contributed by atoms with Crippen molar-refractivity contribution in [2.75, 3.05) is 12.4 Å². The number of nitrogens with zero attached hydrogens (tertiary/aromatic N) is 3. The lowest BCUT2D eigenvalue weighted by Gasteiger charge is -2.14. The van der Waals surface area contributed by atoms with Crippen LogP contribution >= 0.6 is 0 Å². The smallest absolute Gasteiger partial charge is 0.254 e. The Morgan fingerprint density at radius 3 is 2.63 bits per heavy atom. The van der Waals surface area contributed by atoms with Gasteiger partial charge in [-0.1, -0.05) is 39.0 Å². The van der Waals surface area contributed by atoms with E-state index >= 15 is 0 Å². The van der Waals surface area contributed by atoms with E-state index in [1.165, 1.54) is 0 Å². The first-order chi connectivity index (χ1) is 14.3. The summed E-state index contributed by atoms with van der Waals surface area (Å²) in [4.78, 5) is 17.1. The van der Waals surface area contributed by atoms with Crippen molar-refractivity contribution in [1.82, 2.24) is 14.8 Å². The van der Waals surface area contributed by atoms with Crippen LogP contribution in [-0.2, 0) is 21.6 Å². The minimum atomic E-state index is -0.652. The van der Waals surface area contributed by atoms with Crippen molar-refractivity contribution in [3.05, 3.63) is 66.0 Å². The summed E-state index contributed by atoms with van der Waals surface area (Å²) in [5.74, 6) is 1.69. The molecule has 2 heterocycles. The highest BCUT2D eigenvalue weighted by molar-refractivity contribution is 5.93. The molecule has 7 heteroatoms. The van der Waals surface area contributed by atoms with Crippen LogP contribution < -0.4 is 10.1 Å². The lowest BCUT2D eigenvalue weighted by Crippen LogP contribution is -2.28. The molecule has 3 aromatic rings. The summed E-state index contributed by atoms with van der Waals surface area (Å²) in [6, 6.07) is 15.0. The van der Waals surface area contributed by atoms with Gasteiger partial charge in [-0.3, -0.25) is 4.79 Å². The second kappa shape index (κ2) is 9.09. The number of hydrogen-bond donors (Lipinski definition) is 1. The number of nitrogens with one attached hydrogen (secondary N) is 1. The molecule has 0 aliphatic carbocycles. The van der Waals surface area contributed by atoms with E-state index in [-0.39, 0.29) is 11.3 Å². The van der Waals surface area contributed by atoms with Gasteiger partial charge in [0.25, 0.3) is 5.91 Å². The molecule has 1 amide bonds. The van der Waals surface area contributed by atoms with E-state index in [4.69, 9.17) is 9.47 Å². The maximum atomic E-state index is 12.8. The van der Waals surface area contributed by atoms with Gasteiger partial charge in [0.1, 0.15) is 17.7 Å². The van der Waals surface area contributed by atoms with E-state index in [0.717, 1.165) is 17.0 Å². The van der Waals surface area contributed by atoms with Crippen LogP contribution in [0.3, 0.4) is 0 Å². The predicted molar refractivity (Wildman–Crippen MR) is 116 cm³/mol. The van der Waals surface area contributed by atoms with Crippen LogP contribution in [0, 0.1) is 0 Å². The lowest BCUT2D eigenvalue weighted by molar-refractivity contribution is -0.127. The van der Waals surface area contributed by atoms with Gasteiger partial charge < -0.3 is 14.8 Å². The first kappa shape index (κ1) is 21.5. The summed E-state index contributed by atoms with van der Waals surface area (Å²) in [5.41, 5.74) is 1.62. The van der Waals surface area contributed by atoms with Gasteiger partial charge in [-0.05, 0) is 36.8 Å². The Morgan fingerprint density at radius 1 is 1.17 bits per heavy atom. The fraction of sp³-hybridized carbons (Fsp3) is 0.348. The third-order valence-electron chi connectivity index (χ3n) is 4.60. The predicted octanol–water partition coefficient (Wildman–Crippen LogP) is 4.12. The Balaban J connectivity index is 1.74. The quantitative estimate of drug-likeness (QED) is 0.636. The Labute approximate surface area is 177 Å². The van der Waals surface area contributed by atoms with E-state index in [1.54, 1.807) is 24.9 Å². The molecule has 1 atom stereocenters. The zero-order chi connectivity index (χ0) is 21.7. The first-order valence-corrected chi connectivity index (χ1v) is 9.85. The van der Waals surface area contributed by atoms with Crippen molar-refractivity contribution < 1.29 is 14.3 Å². The number of carbonyl (C=O) groups excluding carboxylic acids is 1. The molecule has 0 aliphatic rings. The third-order valence-corrected chi connectivity index (χ3v) is 4.60. The fourth-order valence-corrected chi connectivity index (χ4v) is 2.78. The average molecular weight is 409 g/mol. The Kier molecular flexibility index (Phi) is 6.52. The highest BCUT2D eigenvalue weighted by Crippen LogP contribution is 2.26. The average Bonchev–Trinajstić information content (AvgIpc) is 3.17. The number of pyridine rings is 1. The van der Waals surface area contributed by atoms with Crippen molar-refractivity contribution in [3.63, 3.8) is 0 Å². The van der Waals surface area contributed by atoms with Crippen LogP contribution in [0.5, 0.6) is 5.75 Å². The Bertz CT molecular complexity index is 993. The van der Waals surface area contributed by atoms with Crippen molar-refractivity contribution in [1.29, 1.82) is 0 Å². The molecule has 1 unspecified atom stereocenters. The molecule has 0 saturated heterocycles. The molecule has 0 aliphatic heterocycles. The Morgan fingerprint density at radius 2 is 1.97 bits per heavy atom. The molecule has 0 fully saturated rings. The van der Waals surface area contributed by atoms with Gasteiger partial charge in [-0.25, -0.2) is 4.98 Å². The van der Waals surface area contributed by atoms with E-state index in [2.05, 4.69) is 36.2 Å². The number of rotatable bonds is 7. The molecular formula is C23H28N4O3. The van der Waals surface area contributed by atoms with Crippen molar-refractivity contribution >= 4 is 11.7 Å². The Hall–Kier alpha value is -3.19. The molecule has 1 aromatic carbocycles. The number of hydrogen-bond acceptors (Lipinski definition) is 5. The lowest BCUT2D eigenvalue weighted by atomic mass is 9.92. The molecule has 2 aromatic heterocycles. The van der Waals surface area contributed by atoms with Gasteiger partial charge in [0.2, 0.25) is 0 Å². The van der Waals surface area contributed by atoms with Crippen molar-refractivity contribution in [3.8, 4) is 11.6 Å². The summed E-state index contributed by atoms with van der Waals surface area (Å²) >= 11 is 0. The van der Waals surface area contributed by atoms with Crippen molar-refractivity contribution in [2.24, 2.45) is 0 Å². The van der Waals surface area contributed by atoms with E-state index in [9.17, 15) is 4.79 Å². The van der Waals surface area contributed by atoms with Crippen LogP contribution in [0.4, 0.5) is 5.82 Å². The number of carbonyl (C=O) groups is 1. The molecular weight excluding hydrogens is 380 g/mol. The van der Waals surface area contributed by atoms with Crippen LogP contribution in [0.2, 0.25) is 0 Å². The summed E-state index contributed by atoms with van der Waals surface area (Å²) in [6.45, 7) is 8.25. The second-order valence-corrected chi connectivity index (χ2v) is 8.06. The van der Waals surface area contributed by atoms with Crippen LogP contribution in [0.1, 0.15) is 39.0 Å². The zero-order valence-electron chi connectivity index (χ0n) is 18.0. The highest BCUT2D eigenvalue weighted by Gasteiger charge is 2.23. The largest absolute Gasteiger partial charge is 0.497 e. The van der Waals surface area contributed by atoms with E-state index in [1.807, 2.05) is 48.5 Å². The van der Waals surface area contributed by atoms with Gasteiger partial charge in [0, 0.05) is 17.7 Å². The molecule has 30 heavy (non-hydrogen) atoms. The number of methoxy groups -OCH3 is 1. The topological polar surface area (TPSA) is 78.3 Å². The van der Waals surface area contributed by atoms with Crippen LogP contribution in [0.15, 0.2) is 54.7 Å². The number of amides is 1. The van der Waals surface area contributed by atoms with Gasteiger partial charge in [-0.2, -0.15) is 9.78 Å². The molecule has 0 radical (unpaired) electrons. The number of aromatic nitrogens is 3. The molecule has 0 saturated carbocycles. The second-order valence-electron chi connectivity index (χ2n) is 8.06. The number of benzene rings is 1. The molecule has 7 nitrogen and oxygen atoms in total. The zero-order valence-corrected chi connectivity index (χ0v) is 18.0. The summed E-state index contributed by atoms with van der Waals surface area (Å²) in [5, 5.41) is 7.59.